The highest BCUT2D eigenvalue weighted by Crippen LogP contribution is 2.28. The molecule has 2 heterocycles. The van der Waals surface area contributed by atoms with Crippen LogP contribution in [0.2, 0.25) is 0 Å². The molecule has 1 aromatic rings. The van der Waals surface area contributed by atoms with Crippen molar-refractivity contribution in [1.29, 1.82) is 0 Å². The van der Waals surface area contributed by atoms with E-state index in [9.17, 15) is 4.79 Å². The zero-order chi connectivity index (χ0) is 11.5. The number of pyridine rings is 1. The van der Waals surface area contributed by atoms with Crippen LogP contribution in [0.15, 0.2) is 18.5 Å². The lowest BCUT2D eigenvalue weighted by Crippen LogP contribution is -2.24. The van der Waals surface area contributed by atoms with Crippen LogP contribution in [-0.4, -0.2) is 31.2 Å². The average Bonchev–Trinajstić information content (AvgIpc) is 2.78. The van der Waals surface area contributed by atoms with E-state index in [1.54, 1.807) is 12.4 Å². The highest BCUT2D eigenvalue weighted by molar-refractivity contribution is 5.75. The van der Waals surface area contributed by atoms with E-state index in [2.05, 4.69) is 9.88 Å². The van der Waals surface area contributed by atoms with Crippen molar-refractivity contribution in [3.63, 3.8) is 0 Å². The van der Waals surface area contributed by atoms with Crippen molar-refractivity contribution in [3.8, 4) is 0 Å². The summed E-state index contributed by atoms with van der Waals surface area (Å²) in [6, 6.07) is 1.87. The van der Waals surface area contributed by atoms with Crippen LogP contribution in [0, 0.1) is 5.92 Å². The van der Waals surface area contributed by atoms with E-state index in [1.165, 1.54) is 7.11 Å². The SMILES string of the molecule is COC(=O)C1CCN(c2ccncc2N)C1. The molecule has 2 rings (SSSR count). The molecule has 0 spiro atoms. The van der Waals surface area contributed by atoms with Gasteiger partial charge in [-0.3, -0.25) is 9.78 Å². The Bertz CT molecular complexity index is 395. The lowest BCUT2D eigenvalue weighted by atomic mass is 10.1. The van der Waals surface area contributed by atoms with Crippen LogP contribution in [0.3, 0.4) is 0 Å². The summed E-state index contributed by atoms with van der Waals surface area (Å²) in [5.74, 6) is -0.187. The Hall–Kier alpha value is -1.78. The summed E-state index contributed by atoms with van der Waals surface area (Å²) in [4.78, 5) is 17.4. The van der Waals surface area contributed by atoms with Crippen LogP contribution >= 0.6 is 0 Å². The van der Waals surface area contributed by atoms with E-state index < -0.39 is 0 Å². The third kappa shape index (κ3) is 1.93. The third-order valence-corrected chi connectivity index (χ3v) is 2.89. The number of nitrogens with two attached hydrogens (primary N) is 1. The average molecular weight is 221 g/mol. The summed E-state index contributed by atoms with van der Waals surface area (Å²) in [6.45, 7) is 1.49. The molecule has 1 saturated heterocycles. The molecule has 1 fully saturated rings. The molecule has 0 bridgehead atoms. The van der Waals surface area contributed by atoms with Gasteiger partial charge in [0, 0.05) is 19.3 Å². The molecule has 1 atom stereocenters. The molecule has 1 aliphatic heterocycles. The molecule has 2 N–H and O–H groups in total. The number of esters is 1. The van der Waals surface area contributed by atoms with Crippen LogP contribution in [-0.2, 0) is 9.53 Å². The van der Waals surface area contributed by atoms with Crippen molar-refractivity contribution in [2.75, 3.05) is 30.8 Å². The fourth-order valence-electron chi connectivity index (χ4n) is 2.03. The monoisotopic (exact) mass is 221 g/mol. The molecular formula is C11H15N3O2. The van der Waals surface area contributed by atoms with Gasteiger partial charge in [-0.2, -0.15) is 0 Å². The molecule has 0 amide bonds. The second-order valence-electron chi connectivity index (χ2n) is 3.89. The first-order chi connectivity index (χ1) is 7.72. The predicted octanol–water partition coefficient (Wildman–Crippen LogP) is 0.663. The quantitative estimate of drug-likeness (QED) is 0.743. The lowest BCUT2D eigenvalue weighted by molar-refractivity contribution is -0.144. The van der Waals surface area contributed by atoms with Crippen LogP contribution in [0.4, 0.5) is 11.4 Å². The van der Waals surface area contributed by atoms with Gasteiger partial charge in [-0.1, -0.05) is 0 Å². The Balaban J connectivity index is 2.09. The number of rotatable bonds is 2. The van der Waals surface area contributed by atoms with Crippen molar-refractivity contribution in [2.45, 2.75) is 6.42 Å². The summed E-state index contributed by atoms with van der Waals surface area (Å²) < 4.78 is 4.74. The van der Waals surface area contributed by atoms with Gasteiger partial charge >= 0.3 is 5.97 Å². The maximum atomic E-state index is 11.4. The summed E-state index contributed by atoms with van der Waals surface area (Å²) in [6.07, 6.45) is 4.15. The van der Waals surface area contributed by atoms with Crippen LogP contribution < -0.4 is 10.6 Å². The minimum atomic E-state index is -0.143. The molecule has 16 heavy (non-hydrogen) atoms. The van der Waals surface area contributed by atoms with E-state index in [0.717, 1.165) is 18.7 Å². The van der Waals surface area contributed by atoms with Crippen LogP contribution in [0.25, 0.3) is 0 Å². The number of aromatic nitrogens is 1. The van der Waals surface area contributed by atoms with Crippen molar-refractivity contribution in [2.24, 2.45) is 5.92 Å². The number of hydrogen-bond donors (Lipinski definition) is 1. The van der Waals surface area contributed by atoms with Gasteiger partial charge in [0.15, 0.2) is 0 Å². The molecule has 0 aliphatic carbocycles. The summed E-state index contributed by atoms with van der Waals surface area (Å²) in [5.41, 5.74) is 7.43. The predicted molar refractivity (Wildman–Crippen MR) is 61.0 cm³/mol. The minimum Gasteiger partial charge on any atom is -0.469 e. The topological polar surface area (TPSA) is 68.5 Å². The van der Waals surface area contributed by atoms with E-state index in [1.807, 2.05) is 6.07 Å². The first-order valence-corrected chi connectivity index (χ1v) is 5.24. The summed E-state index contributed by atoms with van der Waals surface area (Å²) >= 11 is 0. The van der Waals surface area contributed by atoms with Gasteiger partial charge in [0.25, 0.3) is 0 Å². The Labute approximate surface area is 94.2 Å². The largest absolute Gasteiger partial charge is 0.469 e. The number of anilines is 2. The van der Waals surface area contributed by atoms with Gasteiger partial charge < -0.3 is 15.4 Å². The van der Waals surface area contributed by atoms with Crippen LogP contribution in [0.1, 0.15) is 6.42 Å². The standard InChI is InChI=1S/C11H15N3O2/c1-16-11(15)8-3-5-14(7-8)10-2-4-13-6-9(10)12/h2,4,6,8H,3,5,7,12H2,1H3. The number of nitrogens with zero attached hydrogens (tertiary/aromatic N) is 2. The summed E-state index contributed by atoms with van der Waals surface area (Å²) in [7, 11) is 1.42. The number of nitrogen functional groups attached to an aromatic ring is 1. The van der Waals surface area contributed by atoms with Gasteiger partial charge in [0.2, 0.25) is 0 Å². The molecule has 5 nitrogen and oxygen atoms in total. The number of hydrogen-bond acceptors (Lipinski definition) is 5. The molecular weight excluding hydrogens is 206 g/mol. The van der Waals surface area contributed by atoms with Crippen LogP contribution in [0.5, 0.6) is 0 Å². The smallest absolute Gasteiger partial charge is 0.310 e. The van der Waals surface area contributed by atoms with Gasteiger partial charge in [0.05, 0.1) is 30.6 Å². The second-order valence-corrected chi connectivity index (χ2v) is 3.89. The first kappa shape index (κ1) is 10.7. The maximum absolute atomic E-state index is 11.4. The normalized spacial score (nSPS) is 19.8. The van der Waals surface area contributed by atoms with Crippen molar-refractivity contribution >= 4 is 17.3 Å². The van der Waals surface area contributed by atoms with Crippen molar-refractivity contribution in [1.82, 2.24) is 4.98 Å². The zero-order valence-electron chi connectivity index (χ0n) is 9.22. The lowest BCUT2D eigenvalue weighted by Gasteiger charge is -2.19. The fraction of sp³-hybridized carbons (Fsp3) is 0.455. The molecule has 1 unspecified atom stereocenters. The number of ether oxygens (including phenoxy) is 1. The Morgan fingerprint density at radius 2 is 2.50 bits per heavy atom. The Morgan fingerprint density at radius 3 is 3.19 bits per heavy atom. The fourth-order valence-corrected chi connectivity index (χ4v) is 2.03. The molecule has 0 saturated carbocycles. The van der Waals surface area contributed by atoms with Crippen molar-refractivity contribution in [3.05, 3.63) is 18.5 Å². The summed E-state index contributed by atoms with van der Waals surface area (Å²) in [5, 5.41) is 0. The van der Waals surface area contributed by atoms with E-state index in [0.29, 0.717) is 12.2 Å². The van der Waals surface area contributed by atoms with Gasteiger partial charge in [-0.05, 0) is 12.5 Å². The van der Waals surface area contributed by atoms with E-state index in [4.69, 9.17) is 10.5 Å². The van der Waals surface area contributed by atoms with E-state index >= 15 is 0 Å². The molecule has 0 radical (unpaired) electrons. The second kappa shape index (κ2) is 4.38. The maximum Gasteiger partial charge on any atom is 0.310 e. The molecule has 0 aromatic carbocycles. The van der Waals surface area contributed by atoms with Gasteiger partial charge in [0.1, 0.15) is 0 Å². The third-order valence-electron chi connectivity index (χ3n) is 2.89. The number of carbonyl (C=O) groups excluding carboxylic acids is 1. The molecule has 1 aliphatic rings. The first-order valence-electron chi connectivity index (χ1n) is 5.24. The number of methoxy groups -OCH3 is 1. The van der Waals surface area contributed by atoms with Gasteiger partial charge in [-0.15, -0.1) is 0 Å². The van der Waals surface area contributed by atoms with E-state index in [-0.39, 0.29) is 11.9 Å². The molecule has 5 heteroatoms. The Kier molecular flexibility index (Phi) is 2.94. The highest BCUT2D eigenvalue weighted by atomic mass is 16.5. The van der Waals surface area contributed by atoms with Gasteiger partial charge in [-0.25, -0.2) is 0 Å². The Morgan fingerprint density at radius 1 is 1.69 bits per heavy atom. The van der Waals surface area contributed by atoms with Crippen molar-refractivity contribution < 1.29 is 9.53 Å². The molecule has 1 aromatic heterocycles. The number of carbonyl (C=O) groups is 1. The molecule has 86 valence electrons. The zero-order valence-corrected chi connectivity index (χ0v) is 9.22. The highest BCUT2D eigenvalue weighted by Gasteiger charge is 2.29. The minimum absolute atomic E-state index is 0.0439.